The zero-order chi connectivity index (χ0) is 33.1. The molecule has 3 aliphatic heterocycles. The van der Waals surface area contributed by atoms with E-state index in [1.165, 1.54) is 22.0 Å². The van der Waals surface area contributed by atoms with Gasteiger partial charge in [0, 0.05) is 20.5 Å². The Kier molecular flexibility index (Phi) is 10.9. The topological polar surface area (TPSA) is 115 Å². The Balaban J connectivity index is 1.93. The van der Waals surface area contributed by atoms with Gasteiger partial charge in [-0.1, -0.05) is 52.2 Å². The molecular formula is C32H49N3O8Si. The Morgan fingerprint density at radius 3 is 2.30 bits per heavy atom. The molecule has 11 nitrogen and oxygen atoms in total. The number of hydrogen-bond acceptors (Lipinski definition) is 8. The van der Waals surface area contributed by atoms with Gasteiger partial charge in [0.1, 0.15) is 25.0 Å². The van der Waals surface area contributed by atoms with Crippen LogP contribution in [0.5, 0.6) is 0 Å². The number of ether oxygens (including phenoxy) is 3. The van der Waals surface area contributed by atoms with Crippen LogP contribution in [0.2, 0.25) is 18.1 Å². The van der Waals surface area contributed by atoms with Gasteiger partial charge < -0.3 is 28.4 Å². The van der Waals surface area contributed by atoms with E-state index in [0.717, 1.165) is 5.57 Å². The Hall–Kier alpha value is -3.38. The second-order valence-electron chi connectivity index (χ2n) is 13.4. The molecule has 0 radical (unpaired) electrons. The highest BCUT2D eigenvalue weighted by Gasteiger charge is 2.58. The van der Waals surface area contributed by atoms with Gasteiger partial charge in [0.05, 0.1) is 30.7 Å². The quantitative estimate of drug-likeness (QED) is 0.103. The van der Waals surface area contributed by atoms with Crippen molar-refractivity contribution in [2.45, 2.75) is 89.9 Å². The van der Waals surface area contributed by atoms with Crippen molar-refractivity contribution in [3.05, 3.63) is 48.2 Å². The van der Waals surface area contributed by atoms with E-state index in [4.69, 9.17) is 18.6 Å². The standard InChI is InChI=1S/C32H49N3O8Si/c1-12-14-40-29(37)27-24(18-25-26(28(36)35(25)27)21(4)43-44(10,11)32(5,6)7)20(3)16-22-17-23(42-30(38)33(8)9)19-34(22)31(39)41-15-13-2/h12-13,16,21-23,25-26H,1-2,14-15,17-19H2,3-11H3/t21-,22-,23-,25-,26-/m1/s1. The van der Waals surface area contributed by atoms with Crippen LogP contribution in [0.4, 0.5) is 9.59 Å². The molecule has 244 valence electrons. The largest absolute Gasteiger partial charge is 0.457 e. The first kappa shape index (κ1) is 35.1. The number of esters is 1. The molecule has 44 heavy (non-hydrogen) atoms. The normalized spacial score (nSPS) is 24.4. The van der Waals surface area contributed by atoms with E-state index in [-0.39, 0.29) is 48.5 Å². The molecule has 0 unspecified atom stereocenters. The molecule has 12 heteroatoms. The first-order valence-corrected chi connectivity index (χ1v) is 18.0. The minimum Gasteiger partial charge on any atom is -0.457 e. The lowest BCUT2D eigenvalue weighted by Crippen LogP contribution is -2.63. The molecule has 0 saturated carbocycles. The summed E-state index contributed by atoms with van der Waals surface area (Å²) in [4.78, 5) is 56.5. The average molecular weight is 632 g/mol. The predicted octanol–water partition coefficient (Wildman–Crippen LogP) is 5.02. The van der Waals surface area contributed by atoms with Crippen LogP contribution >= 0.6 is 0 Å². The summed E-state index contributed by atoms with van der Waals surface area (Å²) < 4.78 is 22.9. The van der Waals surface area contributed by atoms with Gasteiger partial charge in [0.2, 0.25) is 5.91 Å². The molecule has 5 atom stereocenters. The number of β-lactam (4-membered cyclic amide) rings is 1. The van der Waals surface area contributed by atoms with Crippen molar-refractivity contribution in [3.8, 4) is 0 Å². The maximum atomic E-state index is 13.6. The molecule has 3 heterocycles. The SMILES string of the molecule is C=CCOC(=O)C1=C(C(C)=C[C@@H]2C[C@@H](OC(=O)N(C)C)CN2C(=O)OCC=C)C[C@@H]2[C@@H]([C@@H](C)O[Si](C)(C)C(C)(C)C)C(=O)N12. The number of rotatable bonds is 11. The van der Waals surface area contributed by atoms with Crippen molar-refractivity contribution in [3.63, 3.8) is 0 Å². The fourth-order valence-corrected chi connectivity index (χ4v) is 7.07. The molecule has 0 bridgehead atoms. The molecule has 3 aliphatic rings. The predicted molar refractivity (Wildman–Crippen MR) is 169 cm³/mol. The van der Waals surface area contributed by atoms with Crippen molar-refractivity contribution < 1.29 is 37.8 Å². The molecule has 0 aromatic carbocycles. The van der Waals surface area contributed by atoms with Crippen LogP contribution in [0.15, 0.2) is 48.2 Å². The number of carbonyl (C=O) groups excluding carboxylic acids is 4. The zero-order valence-electron chi connectivity index (χ0n) is 27.7. The summed E-state index contributed by atoms with van der Waals surface area (Å²) in [7, 11) is 1.02. The highest BCUT2D eigenvalue weighted by atomic mass is 28.4. The molecule has 0 aliphatic carbocycles. The first-order chi connectivity index (χ1) is 20.4. The third-order valence-electron chi connectivity index (χ3n) is 8.94. The van der Waals surface area contributed by atoms with Crippen LogP contribution in [0, 0.1) is 5.92 Å². The molecule has 2 saturated heterocycles. The summed E-state index contributed by atoms with van der Waals surface area (Å²) in [5.41, 5.74) is 1.61. The Morgan fingerprint density at radius 2 is 1.73 bits per heavy atom. The molecule has 3 amide bonds. The van der Waals surface area contributed by atoms with Gasteiger partial charge in [0.25, 0.3) is 0 Å². The molecule has 0 N–H and O–H groups in total. The second-order valence-corrected chi connectivity index (χ2v) is 18.1. The van der Waals surface area contributed by atoms with Crippen LogP contribution in [0.25, 0.3) is 0 Å². The Labute approximate surface area is 262 Å². The van der Waals surface area contributed by atoms with E-state index in [1.54, 1.807) is 19.0 Å². The van der Waals surface area contributed by atoms with Crippen LogP contribution < -0.4 is 0 Å². The summed E-state index contributed by atoms with van der Waals surface area (Å²) in [5, 5.41) is -0.0233. The lowest BCUT2D eigenvalue weighted by Gasteiger charge is -2.48. The van der Waals surface area contributed by atoms with Gasteiger partial charge in [-0.25, -0.2) is 14.4 Å². The molecule has 2 fully saturated rings. The molecule has 0 spiro atoms. The van der Waals surface area contributed by atoms with Gasteiger partial charge in [-0.3, -0.25) is 9.69 Å². The number of hydrogen-bond donors (Lipinski definition) is 0. The number of carbonyl (C=O) groups is 4. The summed E-state index contributed by atoms with van der Waals surface area (Å²) in [6.45, 7) is 22.0. The van der Waals surface area contributed by atoms with Crippen molar-refractivity contribution in [2.75, 3.05) is 33.9 Å². The monoisotopic (exact) mass is 631 g/mol. The van der Waals surface area contributed by atoms with Crippen LogP contribution in [-0.4, -0.2) is 105 Å². The Morgan fingerprint density at radius 1 is 1.11 bits per heavy atom. The number of allylic oxidation sites excluding steroid dienone is 1. The first-order valence-electron chi connectivity index (χ1n) is 15.1. The number of fused-ring (bicyclic) bond motifs is 1. The smallest absolute Gasteiger partial charge is 0.410 e. The zero-order valence-corrected chi connectivity index (χ0v) is 28.7. The molecule has 0 aromatic heterocycles. The number of amides is 3. The maximum absolute atomic E-state index is 13.6. The van der Waals surface area contributed by atoms with Gasteiger partial charge in [-0.05, 0) is 49.5 Å². The van der Waals surface area contributed by atoms with Gasteiger partial charge >= 0.3 is 18.2 Å². The van der Waals surface area contributed by atoms with E-state index in [1.807, 2.05) is 19.9 Å². The van der Waals surface area contributed by atoms with E-state index in [9.17, 15) is 19.2 Å². The van der Waals surface area contributed by atoms with Gasteiger partial charge in [-0.15, -0.1) is 0 Å². The maximum Gasteiger partial charge on any atom is 0.410 e. The molecule has 0 aromatic rings. The average Bonchev–Trinajstić information content (AvgIpc) is 3.48. The summed E-state index contributed by atoms with van der Waals surface area (Å²) >= 11 is 0. The third-order valence-corrected chi connectivity index (χ3v) is 13.5. The minimum atomic E-state index is -2.15. The second kappa shape index (κ2) is 13.7. The van der Waals surface area contributed by atoms with E-state index in [2.05, 4.69) is 47.0 Å². The van der Waals surface area contributed by atoms with Crippen molar-refractivity contribution in [1.82, 2.24) is 14.7 Å². The summed E-state index contributed by atoms with van der Waals surface area (Å²) in [6.07, 6.45) is 3.66. The fourth-order valence-electron chi connectivity index (χ4n) is 5.64. The van der Waals surface area contributed by atoms with E-state index in [0.29, 0.717) is 18.4 Å². The lowest BCUT2D eigenvalue weighted by atomic mass is 9.82. The summed E-state index contributed by atoms with van der Waals surface area (Å²) in [5.74, 6) is -1.17. The highest BCUT2D eigenvalue weighted by Crippen LogP contribution is 2.48. The highest BCUT2D eigenvalue weighted by molar-refractivity contribution is 6.74. The van der Waals surface area contributed by atoms with Gasteiger partial charge in [-0.2, -0.15) is 0 Å². The minimum absolute atomic E-state index is 0.00383. The fraction of sp³-hybridized carbons (Fsp3) is 0.625. The Bertz CT molecular complexity index is 1230. The van der Waals surface area contributed by atoms with Crippen molar-refractivity contribution in [1.29, 1.82) is 0 Å². The summed E-state index contributed by atoms with van der Waals surface area (Å²) in [6, 6.07) is -0.733. The lowest BCUT2D eigenvalue weighted by molar-refractivity contribution is -0.161. The third kappa shape index (κ3) is 7.28. The van der Waals surface area contributed by atoms with Crippen molar-refractivity contribution >= 4 is 32.4 Å². The van der Waals surface area contributed by atoms with Crippen molar-refractivity contribution in [2.24, 2.45) is 5.92 Å². The van der Waals surface area contributed by atoms with E-state index >= 15 is 0 Å². The molecular weight excluding hydrogens is 582 g/mol. The van der Waals surface area contributed by atoms with Crippen LogP contribution in [0.1, 0.15) is 47.5 Å². The van der Waals surface area contributed by atoms with E-state index < -0.39 is 44.5 Å². The number of likely N-dealkylation sites (tertiary alicyclic amines) is 1. The number of nitrogens with zero attached hydrogens (tertiary/aromatic N) is 3. The van der Waals surface area contributed by atoms with Crippen LogP contribution in [0.3, 0.4) is 0 Å². The molecule has 3 rings (SSSR count). The van der Waals surface area contributed by atoms with Crippen LogP contribution in [-0.2, 0) is 28.2 Å². The van der Waals surface area contributed by atoms with Gasteiger partial charge in [0.15, 0.2) is 8.32 Å².